The summed E-state index contributed by atoms with van der Waals surface area (Å²) in [6, 6.07) is 0.566. The van der Waals surface area contributed by atoms with Crippen LogP contribution in [0, 0.1) is 0 Å². The molecule has 86 valence electrons. The van der Waals surface area contributed by atoms with Gasteiger partial charge in [-0.1, -0.05) is 30.4 Å². The molecule has 1 nitrogen and oxygen atoms in total. The number of rotatable bonds is 8. The fourth-order valence-electron chi connectivity index (χ4n) is 1.60. The Morgan fingerprint density at radius 1 is 1.20 bits per heavy atom. The molecule has 0 aliphatic heterocycles. The van der Waals surface area contributed by atoms with E-state index in [1.807, 2.05) is 6.08 Å². The van der Waals surface area contributed by atoms with E-state index in [2.05, 4.69) is 45.4 Å². The zero-order chi connectivity index (χ0) is 11.8. The van der Waals surface area contributed by atoms with Crippen LogP contribution in [0.25, 0.3) is 0 Å². The molecule has 0 saturated heterocycles. The molecule has 0 heterocycles. The summed E-state index contributed by atoms with van der Waals surface area (Å²) in [6.45, 7) is 20.0. The molecule has 0 fully saturated rings. The summed E-state index contributed by atoms with van der Waals surface area (Å²) in [7, 11) is 0. The van der Waals surface area contributed by atoms with Crippen molar-refractivity contribution in [1.29, 1.82) is 0 Å². The molecule has 0 aromatic rings. The average molecular weight is 207 g/mol. The van der Waals surface area contributed by atoms with E-state index in [-0.39, 0.29) is 0 Å². The highest BCUT2D eigenvalue weighted by Crippen LogP contribution is 2.11. The van der Waals surface area contributed by atoms with Crippen LogP contribution in [0.2, 0.25) is 0 Å². The van der Waals surface area contributed by atoms with Gasteiger partial charge in [0.15, 0.2) is 0 Å². The highest BCUT2D eigenvalue weighted by molar-refractivity contribution is 4.99. The van der Waals surface area contributed by atoms with Crippen molar-refractivity contribution >= 4 is 0 Å². The van der Waals surface area contributed by atoms with Gasteiger partial charge in [0.05, 0.1) is 0 Å². The lowest BCUT2D eigenvalue weighted by Crippen LogP contribution is -2.35. The summed E-state index contributed by atoms with van der Waals surface area (Å²) < 4.78 is 0. The van der Waals surface area contributed by atoms with Crippen LogP contribution >= 0.6 is 0 Å². The van der Waals surface area contributed by atoms with Crippen molar-refractivity contribution in [1.82, 2.24) is 4.90 Å². The molecule has 0 bridgehead atoms. The van der Waals surface area contributed by atoms with Crippen LogP contribution in [0.3, 0.4) is 0 Å². The second-order valence-electron chi connectivity index (χ2n) is 4.53. The van der Waals surface area contributed by atoms with Gasteiger partial charge in [-0.25, -0.2) is 0 Å². The van der Waals surface area contributed by atoms with Gasteiger partial charge < -0.3 is 0 Å². The first kappa shape index (κ1) is 14.2. The molecule has 0 amide bonds. The monoisotopic (exact) mass is 207 g/mol. The minimum absolute atomic E-state index is 0.566. The molecular formula is C14H25N. The summed E-state index contributed by atoms with van der Waals surface area (Å²) in [4.78, 5) is 2.42. The van der Waals surface area contributed by atoms with Crippen LogP contribution < -0.4 is 0 Å². The maximum absolute atomic E-state index is 3.97. The van der Waals surface area contributed by atoms with E-state index in [0.717, 1.165) is 25.9 Å². The van der Waals surface area contributed by atoms with Gasteiger partial charge in [-0.15, -0.1) is 6.58 Å². The first-order valence-electron chi connectivity index (χ1n) is 5.61. The van der Waals surface area contributed by atoms with E-state index in [1.165, 1.54) is 11.1 Å². The first-order chi connectivity index (χ1) is 6.97. The average Bonchev–Trinajstić information content (AvgIpc) is 2.11. The zero-order valence-electron chi connectivity index (χ0n) is 10.6. The third-order valence-electron chi connectivity index (χ3n) is 2.36. The van der Waals surface area contributed by atoms with Gasteiger partial charge in [0.2, 0.25) is 0 Å². The first-order valence-corrected chi connectivity index (χ1v) is 5.61. The van der Waals surface area contributed by atoms with Gasteiger partial charge in [0.1, 0.15) is 0 Å². The topological polar surface area (TPSA) is 3.24 Å². The van der Waals surface area contributed by atoms with Crippen LogP contribution in [0.1, 0.15) is 33.6 Å². The Balaban J connectivity index is 4.25. The van der Waals surface area contributed by atoms with Gasteiger partial charge in [-0.2, -0.15) is 0 Å². The van der Waals surface area contributed by atoms with E-state index in [0.29, 0.717) is 6.04 Å². The molecule has 0 rings (SSSR count). The summed E-state index contributed by atoms with van der Waals surface area (Å²) >= 11 is 0. The Morgan fingerprint density at radius 2 is 1.67 bits per heavy atom. The fourth-order valence-corrected chi connectivity index (χ4v) is 1.60. The van der Waals surface area contributed by atoms with Crippen LogP contribution in [-0.4, -0.2) is 24.0 Å². The third kappa shape index (κ3) is 7.15. The van der Waals surface area contributed by atoms with E-state index in [9.17, 15) is 0 Å². The number of nitrogens with zero attached hydrogens (tertiary/aromatic N) is 1. The van der Waals surface area contributed by atoms with Crippen LogP contribution in [-0.2, 0) is 0 Å². The molecule has 1 heteroatoms. The lowest BCUT2D eigenvalue weighted by atomic mass is 10.1. The van der Waals surface area contributed by atoms with Crippen molar-refractivity contribution in [2.24, 2.45) is 0 Å². The smallest absolute Gasteiger partial charge is 0.0193 e. The van der Waals surface area contributed by atoms with Crippen molar-refractivity contribution < 1.29 is 0 Å². The SMILES string of the molecule is C=CCCC(C)N(CC(=C)C)CC(=C)C. The number of hydrogen-bond donors (Lipinski definition) is 0. The predicted octanol–water partition coefficient (Wildman–Crippen LogP) is 3.80. The highest BCUT2D eigenvalue weighted by atomic mass is 15.1. The molecule has 1 unspecified atom stereocenters. The van der Waals surface area contributed by atoms with Crippen molar-refractivity contribution in [2.45, 2.75) is 39.7 Å². The molecule has 0 radical (unpaired) electrons. The highest BCUT2D eigenvalue weighted by Gasteiger charge is 2.12. The predicted molar refractivity (Wildman–Crippen MR) is 70.1 cm³/mol. The number of hydrogen-bond acceptors (Lipinski definition) is 1. The van der Waals surface area contributed by atoms with E-state index in [4.69, 9.17) is 0 Å². The minimum atomic E-state index is 0.566. The maximum atomic E-state index is 3.97. The van der Waals surface area contributed by atoms with Gasteiger partial charge in [0.25, 0.3) is 0 Å². The molecule has 0 aliphatic carbocycles. The third-order valence-corrected chi connectivity index (χ3v) is 2.36. The molecule has 0 aliphatic rings. The molecule has 0 spiro atoms. The molecule has 0 N–H and O–H groups in total. The molecule has 0 saturated carbocycles. The van der Waals surface area contributed by atoms with Crippen LogP contribution in [0.15, 0.2) is 37.0 Å². The quantitative estimate of drug-likeness (QED) is 0.547. The standard InChI is InChI=1S/C14H25N/c1-7-8-9-14(6)15(10-12(2)3)11-13(4)5/h7,14H,1-2,4,8-11H2,3,5-6H3. The lowest BCUT2D eigenvalue weighted by Gasteiger charge is -2.29. The summed E-state index contributed by atoms with van der Waals surface area (Å²) in [5.41, 5.74) is 2.42. The lowest BCUT2D eigenvalue weighted by molar-refractivity contribution is 0.235. The van der Waals surface area contributed by atoms with Crippen molar-refractivity contribution in [3.8, 4) is 0 Å². The Morgan fingerprint density at radius 3 is 2.00 bits per heavy atom. The van der Waals surface area contributed by atoms with Crippen molar-refractivity contribution in [3.05, 3.63) is 37.0 Å². The molecule has 15 heavy (non-hydrogen) atoms. The molecule has 0 aromatic carbocycles. The van der Waals surface area contributed by atoms with Gasteiger partial charge >= 0.3 is 0 Å². The Hall–Kier alpha value is -0.820. The molecule has 1 atom stereocenters. The Labute approximate surface area is 95.2 Å². The summed E-state index contributed by atoms with van der Waals surface area (Å²) in [5.74, 6) is 0. The maximum Gasteiger partial charge on any atom is 0.0193 e. The van der Waals surface area contributed by atoms with E-state index < -0.39 is 0 Å². The molecular weight excluding hydrogens is 182 g/mol. The van der Waals surface area contributed by atoms with E-state index in [1.54, 1.807) is 0 Å². The van der Waals surface area contributed by atoms with Crippen LogP contribution in [0.5, 0.6) is 0 Å². The number of allylic oxidation sites excluding steroid dienone is 1. The van der Waals surface area contributed by atoms with E-state index >= 15 is 0 Å². The second-order valence-corrected chi connectivity index (χ2v) is 4.53. The van der Waals surface area contributed by atoms with Crippen LogP contribution in [0.4, 0.5) is 0 Å². The largest absolute Gasteiger partial charge is 0.293 e. The summed E-state index contributed by atoms with van der Waals surface area (Å²) in [6.07, 6.45) is 4.21. The fraction of sp³-hybridized carbons (Fsp3) is 0.571. The van der Waals surface area contributed by atoms with Gasteiger partial charge in [0, 0.05) is 19.1 Å². The Kier molecular flexibility index (Phi) is 7.06. The van der Waals surface area contributed by atoms with Gasteiger partial charge in [-0.05, 0) is 33.6 Å². The normalized spacial score (nSPS) is 12.5. The zero-order valence-corrected chi connectivity index (χ0v) is 10.6. The summed E-state index contributed by atoms with van der Waals surface area (Å²) in [5, 5.41) is 0. The Bertz CT molecular complexity index is 211. The molecule has 0 aromatic heterocycles. The van der Waals surface area contributed by atoms with Crippen molar-refractivity contribution in [3.63, 3.8) is 0 Å². The minimum Gasteiger partial charge on any atom is -0.293 e. The second kappa shape index (κ2) is 7.47. The van der Waals surface area contributed by atoms with Gasteiger partial charge in [-0.3, -0.25) is 4.90 Å². The van der Waals surface area contributed by atoms with Crippen molar-refractivity contribution in [2.75, 3.05) is 13.1 Å².